The van der Waals surface area contributed by atoms with Crippen molar-refractivity contribution in [2.45, 2.75) is 31.2 Å². The third-order valence-corrected chi connectivity index (χ3v) is 4.81. The highest BCUT2D eigenvalue weighted by molar-refractivity contribution is 7.87. The van der Waals surface area contributed by atoms with Crippen molar-refractivity contribution < 1.29 is 26.9 Å². The summed E-state index contributed by atoms with van der Waals surface area (Å²) in [6, 6.07) is 13.2. The zero-order valence-electron chi connectivity index (χ0n) is 15.0. The third-order valence-electron chi connectivity index (χ3n) is 3.55. The molecule has 0 unspecified atom stereocenters. The summed E-state index contributed by atoms with van der Waals surface area (Å²) in [5.41, 5.74) is 0.714. The number of ether oxygens (including phenoxy) is 1. The molecule has 8 heteroatoms. The van der Waals surface area contributed by atoms with Crippen molar-refractivity contribution >= 4 is 22.0 Å². The molecule has 1 atom stereocenters. The Morgan fingerprint density at radius 3 is 2.22 bits per heavy atom. The zero-order chi connectivity index (χ0) is 19.9. The zero-order valence-corrected chi connectivity index (χ0v) is 15.9. The van der Waals surface area contributed by atoms with E-state index in [4.69, 9.17) is 8.92 Å². The second-order valence-electron chi connectivity index (χ2n) is 5.70. The fourth-order valence-electron chi connectivity index (χ4n) is 2.36. The van der Waals surface area contributed by atoms with Gasteiger partial charge in [0.15, 0.2) is 0 Å². The maximum absolute atomic E-state index is 12.2. The molecule has 0 aliphatic carbocycles. The van der Waals surface area contributed by atoms with Gasteiger partial charge >= 0.3 is 16.1 Å². The van der Waals surface area contributed by atoms with Crippen molar-refractivity contribution in [3.63, 3.8) is 0 Å². The molecule has 2 aromatic rings. The van der Waals surface area contributed by atoms with Crippen LogP contribution in [0.25, 0.3) is 0 Å². The van der Waals surface area contributed by atoms with Gasteiger partial charge < -0.3 is 14.2 Å². The van der Waals surface area contributed by atoms with E-state index in [9.17, 15) is 18.0 Å². The van der Waals surface area contributed by atoms with Gasteiger partial charge in [0.2, 0.25) is 5.91 Å². The summed E-state index contributed by atoms with van der Waals surface area (Å²) in [6.45, 7) is 3.21. The fourth-order valence-corrected chi connectivity index (χ4v) is 3.31. The largest absolute Gasteiger partial charge is 0.464 e. The topological polar surface area (TPSA) is 98.8 Å². The molecule has 0 aliphatic rings. The van der Waals surface area contributed by atoms with Gasteiger partial charge in [-0.2, -0.15) is 8.42 Å². The molecule has 2 aromatic carbocycles. The summed E-state index contributed by atoms with van der Waals surface area (Å²) >= 11 is 0. The van der Waals surface area contributed by atoms with E-state index in [2.05, 4.69) is 5.32 Å². The van der Waals surface area contributed by atoms with E-state index in [1.54, 1.807) is 37.3 Å². The van der Waals surface area contributed by atoms with Crippen LogP contribution in [-0.4, -0.2) is 32.9 Å². The minimum Gasteiger partial charge on any atom is -0.464 e. The Bertz CT molecular complexity index is 878. The molecule has 0 fully saturated rings. The lowest BCUT2D eigenvalue weighted by atomic mass is 10.1. The lowest BCUT2D eigenvalue weighted by Gasteiger charge is -2.16. The minimum atomic E-state index is -3.92. The van der Waals surface area contributed by atoms with Gasteiger partial charge in [0.05, 0.1) is 6.61 Å². The Balaban J connectivity index is 2.09. The molecule has 144 valence electrons. The molecule has 0 spiro atoms. The average molecular weight is 391 g/mol. The standard InChI is InChI=1S/C19H21NO6S/c1-3-25-19(22)18(20-14(2)21)13-15-9-11-16(12-10-15)26-27(23,24)17-7-5-4-6-8-17/h4-12,18H,3,13H2,1-2H3,(H,20,21)/t18-/m0/s1. The maximum atomic E-state index is 12.2. The van der Waals surface area contributed by atoms with Crippen molar-refractivity contribution in [1.29, 1.82) is 0 Å². The quantitative estimate of drug-likeness (QED) is 0.546. The average Bonchev–Trinajstić information content (AvgIpc) is 2.63. The van der Waals surface area contributed by atoms with E-state index in [-0.39, 0.29) is 29.6 Å². The van der Waals surface area contributed by atoms with Crippen LogP contribution in [0, 0.1) is 0 Å². The molecule has 0 heterocycles. The molecule has 27 heavy (non-hydrogen) atoms. The van der Waals surface area contributed by atoms with Gasteiger partial charge in [0.25, 0.3) is 0 Å². The summed E-state index contributed by atoms with van der Waals surface area (Å²) in [5, 5.41) is 2.55. The van der Waals surface area contributed by atoms with Crippen molar-refractivity contribution in [1.82, 2.24) is 5.32 Å². The number of carbonyl (C=O) groups is 2. The summed E-state index contributed by atoms with van der Waals surface area (Å²) in [4.78, 5) is 23.3. The van der Waals surface area contributed by atoms with Crippen LogP contribution in [0.15, 0.2) is 59.5 Å². The Morgan fingerprint density at radius 2 is 1.67 bits per heavy atom. The number of amides is 1. The van der Waals surface area contributed by atoms with Gasteiger partial charge in [0.1, 0.15) is 16.7 Å². The van der Waals surface area contributed by atoms with Crippen molar-refractivity contribution in [2.24, 2.45) is 0 Å². The lowest BCUT2D eigenvalue weighted by Crippen LogP contribution is -2.42. The first-order valence-electron chi connectivity index (χ1n) is 8.34. The van der Waals surface area contributed by atoms with Gasteiger partial charge in [0, 0.05) is 13.3 Å². The Morgan fingerprint density at radius 1 is 1.04 bits per heavy atom. The molecule has 0 saturated carbocycles. The summed E-state index contributed by atoms with van der Waals surface area (Å²) in [6.07, 6.45) is 0.212. The molecule has 0 aromatic heterocycles. The molecule has 7 nitrogen and oxygen atoms in total. The summed E-state index contributed by atoms with van der Waals surface area (Å²) < 4.78 is 34.5. The van der Waals surface area contributed by atoms with Crippen LogP contribution >= 0.6 is 0 Å². The first kappa shape index (κ1) is 20.4. The number of hydrogen-bond donors (Lipinski definition) is 1. The molecular formula is C19H21NO6S. The van der Waals surface area contributed by atoms with Gasteiger partial charge in [-0.05, 0) is 36.8 Å². The Kier molecular flexibility index (Phi) is 6.95. The van der Waals surface area contributed by atoms with Crippen LogP contribution in [-0.2, 0) is 30.9 Å². The second-order valence-corrected chi connectivity index (χ2v) is 7.25. The highest BCUT2D eigenvalue weighted by Gasteiger charge is 2.21. The number of hydrogen-bond acceptors (Lipinski definition) is 6. The first-order valence-corrected chi connectivity index (χ1v) is 9.75. The van der Waals surface area contributed by atoms with Gasteiger partial charge in [-0.3, -0.25) is 4.79 Å². The predicted octanol–water partition coefficient (Wildman–Crippen LogP) is 2.06. The summed E-state index contributed by atoms with van der Waals surface area (Å²) in [5.74, 6) is -0.726. The van der Waals surface area contributed by atoms with E-state index in [1.807, 2.05) is 0 Å². The molecule has 0 radical (unpaired) electrons. The predicted molar refractivity (Wildman–Crippen MR) is 98.6 cm³/mol. The van der Waals surface area contributed by atoms with Crippen LogP contribution in [0.5, 0.6) is 5.75 Å². The number of benzene rings is 2. The lowest BCUT2D eigenvalue weighted by molar-refractivity contribution is -0.147. The monoisotopic (exact) mass is 391 g/mol. The molecule has 1 amide bonds. The smallest absolute Gasteiger partial charge is 0.339 e. The van der Waals surface area contributed by atoms with Crippen LogP contribution in [0.2, 0.25) is 0 Å². The molecule has 0 bridgehead atoms. The second kappa shape index (κ2) is 9.18. The SMILES string of the molecule is CCOC(=O)[C@H](Cc1ccc(OS(=O)(=O)c2ccccc2)cc1)NC(C)=O. The Hall–Kier alpha value is -2.87. The van der Waals surface area contributed by atoms with Crippen LogP contribution in [0.4, 0.5) is 0 Å². The van der Waals surface area contributed by atoms with E-state index in [0.29, 0.717) is 5.56 Å². The summed E-state index contributed by atoms with van der Waals surface area (Å²) in [7, 11) is -3.92. The highest BCUT2D eigenvalue weighted by Crippen LogP contribution is 2.19. The minimum absolute atomic E-state index is 0.0575. The maximum Gasteiger partial charge on any atom is 0.339 e. The van der Waals surface area contributed by atoms with E-state index in [1.165, 1.54) is 31.2 Å². The van der Waals surface area contributed by atoms with E-state index < -0.39 is 22.1 Å². The van der Waals surface area contributed by atoms with Crippen molar-refractivity contribution in [3.05, 3.63) is 60.2 Å². The van der Waals surface area contributed by atoms with Gasteiger partial charge in [-0.25, -0.2) is 4.79 Å². The van der Waals surface area contributed by atoms with Gasteiger partial charge in [-0.1, -0.05) is 30.3 Å². The van der Waals surface area contributed by atoms with Crippen molar-refractivity contribution in [2.75, 3.05) is 6.61 Å². The van der Waals surface area contributed by atoms with Crippen LogP contribution in [0.3, 0.4) is 0 Å². The van der Waals surface area contributed by atoms with E-state index in [0.717, 1.165) is 0 Å². The van der Waals surface area contributed by atoms with Crippen molar-refractivity contribution in [3.8, 4) is 5.75 Å². The highest BCUT2D eigenvalue weighted by atomic mass is 32.2. The Labute approximate surface area is 158 Å². The molecule has 2 rings (SSSR count). The normalized spacial score (nSPS) is 12.1. The molecule has 0 aliphatic heterocycles. The van der Waals surface area contributed by atoms with Gasteiger partial charge in [-0.15, -0.1) is 0 Å². The van der Waals surface area contributed by atoms with E-state index >= 15 is 0 Å². The van der Waals surface area contributed by atoms with Crippen LogP contribution < -0.4 is 9.50 Å². The van der Waals surface area contributed by atoms with Crippen LogP contribution in [0.1, 0.15) is 19.4 Å². The molecule has 1 N–H and O–H groups in total. The number of carbonyl (C=O) groups excluding carboxylic acids is 2. The molecular weight excluding hydrogens is 370 g/mol. The number of esters is 1. The number of rotatable bonds is 8. The molecule has 0 saturated heterocycles. The first-order chi connectivity index (χ1) is 12.8. The third kappa shape index (κ3) is 6.10. The number of nitrogens with one attached hydrogen (secondary N) is 1. The fraction of sp³-hybridized carbons (Fsp3) is 0.263.